The SMILES string of the molecule is O=S(=O)(Nc1ccc(-c2csnn2)cc1)c1cc(C(F)(F)F)cc(C(F)(F)F)c1. The van der Waals surface area contributed by atoms with Crippen LogP contribution in [0.25, 0.3) is 11.3 Å². The van der Waals surface area contributed by atoms with Gasteiger partial charge in [-0.05, 0) is 41.9 Å². The Kier molecular flexibility index (Phi) is 5.30. The van der Waals surface area contributed by atoms with Gasteiger partial charge in [0.2, 0.25) is 0 Å². The molecule has 1 heterocycles. The zero-order chi connectivity index (χ0) is 21.4. The highest BCUT2D eigenvalue weighted by Gasteiger charge is 2.38. The quantitative estimate of drug-likeness (QED) is 0.562. The van der Waals surface area contributed by atoms with E-state index in [-0.39, 0.29) is 23.9 Å². The fourth-order valence-electron chi connectivity index (χ4n) is 2.30. The first-order valence-corrected chi connectivity index (χ1v) is 9.88. The van der Waals surface area contributed by atoms with E-state index >= 15 is 0 Å². The number of alkyl halides is 6. The van der Waals surface area contributed by atoms with Crippen LogP contribution in [-0.2, 0) is 22.4 Å². The Bertz CT molecular complexity index is 1080. The number of benzene rings is 2. The van der Waals surface area contributed by atoms with Gasteiger partial charge in [0.05, 0.1) is 16.0 Å². The minimum absolute atomic E-state index is 0.0529. The van der Waals surface area contributed by atoms with Crippen molar-refractivity contribution in [3.63, 3.8) is 0 Å². The molecule has 0 aliphatic heterocycles. The second kappa shape index (κ2) is 7.30. The Balaban J connectivity index is 1.96. The number of nitrogens with zero attached hydrogens (tertiary/aromatic N) is 2. The zero-order valence-electron chi connectivity index (χ0n) is 13.9. The van der Waals surface area contributed by atoms with E-state index in [1.54, 1.807) is 5.38 Å². The molecule has 0 aliphatic rings. The van der Waals surface area contributed by atoms with Crippen molar-refractivity contribution in [1.29, 1.82) is 0 Å². The molecular weight excluding hydrogens is 444 g/mol. The molecule has 5 nitrogen and oxygen atoms in total. The Morgan fingerprint density at radius 3 is 1.86 bits per heavy atom. The Labute approximate surface area is 164 Å². The highest BCUT2D eigenvalue weighted by atomic mass is 32.2. The van der Waals surface area contributed by atoms with Gasteiger partial charge >= 0.3 is 12.4 Å². The maximum Gasteiger partial charge on any atom is 0.416 e. The normalized spacial score (nSPS) is 12.8. The molecule has 0 radical (unpaired) electrons. The van der Waals surface area contributed by atoms with Crippen molar-refractivity contribution in [2.45, 2.75) is 17.2 Å². The third-order valence-corrected chi connectivity index (χ3v) is 5.53. The highest BCUT2D eigenvalue weighted by molar-refractivity contribution is 7.92. The van der Waals surface area contributed by atoms with Crippen molar-refractivity contribution in [1.82, 2.24) is 9.59 Å². The predicted octanol–water partition coefficient (Wildman–Crippen LogP) is 5.04. The molecule has 2 aromatic carbocycles. The molecule has 0 bridgehead atoms. The molecule has 0 fully saturated rings. The van der Waals surface area contributed by atoms with Crippen LogP contribution in [0.2, 0.25) is 0 Å². The average Bonchev–Trinajstić information content (AvgIpc) is 3.15. The smallest absolute Gasteiger partial charge is 0.280 e. The number of anilines is 1. The van der Waals surface area contributed by atoms with E-state index in [0.29, 0.717) is 11.3 Å². The van der Waals surface area contributed by atoms with Crippen LogP contribution in [0.3, 0.4) is 0 Å². The molecule has 154 valence electrons. The first kappa shape index (κ1) is 21.0. The first-order valence-electron chi connectivity index (χ1n) is 7.56. The van der Waals surface area contributed by atoms with Gasteiger partial charge in [0, 0.05) is 16.6 Å². The predicted molar refractivity (Wildman–Crippen MR) is 92.6 cm³/mol. The zero-order valence-corrected chi connectivity index (χ0v) is 15.5. The van der Waals surface area contributed by atoms with Crippen LogP contribution in [-0.4, -0.2) is 18.0 Å². The lowest BCUT2D eigenvalue weighted by atomic mass is 10.1. The average molecular weight is 453 g/mol. The second-order valence-corrected chi connectivity index (χ2v) is 8.01. The van der Waals surface area contributed by atoms with Gasteiger partial charge in [-0.3, -0.25) is 4.72 Å². The van der Waals surface area contributed by atoms with Crippen molar-refractivity contribution in [2.75, 3.05) is 4.72 Å². The van der Waals surface area contributed by atoms with E-state index in [0.717, 1.165) is 11.5 Å². The van der Waals surface area contributed by atoms with Gasteiger partial charge in [-0.1, -0.05) is 16.6 Å². The van der Waals surface area contributed by atoms with Crippen molar-refractivity contribution >= 4 is 27.2 Å². The third kappa shape index (κ3) is 4.85. The van der Waals surface area contributed by atoms with E-state index in [9.17, 15) is 34.8 Å². The molecule has 0 saturated heterocycles. The van der Waals surface area contributed by atoms with Crippen molar-refractivity contribution in [3.8, 4) is 11.3 Å². The number of hydrogen-bond acceptors (Lipinski definition) is 5. The van der Waals surface area contributed by atoms with Gasteiger partial charge in [-0.2, -0.15) is 26.3 Å². The van der Waals surface area contributed by atoms with E-state index in [1.165, 1.54) is 24.3 Å². The second-order valence-electron chi connectivity index (χ2n) is 5.71. The topological polar surface area (TPSA) is 72.0 Å². The van der Waals surface area contributed by atoms with E-state index in [1.807, 2.05) is 4.72 Å². The van der Waals surface area contributed by atoms with Crippen LogP contribution < -0.4 is 4.72 Å². The lowest BCUT2D eigenvalue weighted by Gasteiger charge is -2.15. The van der Waals surface area contributed by atoms with Gasteiger partial charge in [0.25, 0.3) is 10.0 Å². The lowest BCUT2D eigenvalue weighted by molar-refractivity contribution is -0.143. The monoisotopic (exact) mass is 453 g/mol. The van der Waals surface area contributed by atoms with E-state index in [4.69, 9.17) is 0 Å². The molecule has 0 atom stereocenters. The fraction of sp³-hybridized carbons (Fsp3) is 0.125. The molecule has 3 aromatic rings. The minimum atomic E-state index is -5.16. The summed E-state index contributed by atoms with van der Waals surface area (Å²) in [6.45, 7) is 0. The van der Waals surface area contributed by atoms with E-state index < -0.39 is 38.4 Å². The molecule has 0 amide bonds. The van der Waals surface area contributed by atoms with Crippen LogP contribution in [0.4, 0.5) is 32.0 Å². The summed E-state index contributed by atoms with van der Waals surface area (Å²) >= 11 is 1.10. The number of aromatic nitrogens is 2. The van der Waals surface area contributed by atoms with Crippen LogP contribution in [0.5, 0.6) is 0 Å². The lowest BCUT2D eigenvalue weighted by Crippen LogP contribution is -2.17. The van der Waals surface area contributed by atoms with Crippen molar-refractivity contribution in [2.24, 2.45) is 0 Å². The number of halogens is 6. The Morgan fingerprint density at radius 2 is 1.41 bits per heavy atom. The summed E-state index contributed by atoms with van der Waals surface area (Å²) in [5, 5.41) is 5.46. The summed E-state index contributed by atoms with van der Waals surface area (Å²) in [7, 11) is -4.72. The molecule has 29 heavy (non-hydrogen) atoms. The standard InChI is InChI=1S/C16H9F6N3O2S2/c17-15(18,19)10-5-11(16(20,21)22)7-13(6-10)29(26,27)24-12-3-1-9(2-4-12)14-8-28-25-23-14/h1-8,24H. The summed E-state index contributed by atoms with van der Waals surface area (Å²) in [5.74, 6) is 0. The molecule has 1 N–H and O–H groups in total. The minimum Gasteiger partial charge on any atom is -0.280 e. The third-order valence-electron chi connectivity index (χ3n) is 3.66. The molecule has 0 saturated carbocycles. The maximum absolute atomic E-state index is 12.9. The molecule has 0 spiro atoms. The van der Waals surface area contributed by atoms with Gasteiger partial charge < -0.3 is 0 Å². The van der Waals surface area contributed by atoms with E-state index in [2.05, 4.69) is 9.59 Å². The molecule has 1 aromatic heterocycles. The molecule has 0 aliphatic carbocycles. The van der Waals surface area contributed by atoms with Crippen LogP contribution in [0.15, 0.2) is 52.7 Å². The highest BCUT2D eigenvalue weighted by Crippen LogP contribution is 2.37. The van der Waals surface area contributed by atoms with Gasteiger partial charge in [-0.25, -0.2) is 8.42 Å². The molecular formula is C16H9F6N3O2S2. The number of rotatable bonds is 4. The van der Waals surface area contributed by atoms with Crippen molar-refractivity contribution < 1.29 is 34.8 Å². The summed E-state index contributed by atoms with van der Waals surface area (Å²) in [5.41, 5.74) is -2.38. The molecule has 3 rings (SSSR count). The number of sulfonamides is 1. The van der Waals surface area contributed by atoms with Crippen LogP contribution in [0.1, 0.15) is 11.1 Å². The van der Waals surface area contributed by atoms with Crippen LogP contribution >= 0.6 is 11.5 Å². The largest absolute Gasteiger partial charge is 0.416 e. The summed E-state index contributed by atoms with van der Waals surface area (Å²) < 4.78 is 108. The Hall–Kier alpha value is -2.67. The van der Waals surface area contributed by atoms with Gasteiger partial charge in [-0.15, -0.1) is 5.10 Å². The first-order chi connectivity index (χ1) is 13.4. The molecule has 13 heteroatoms. The Morgan fingerprint density at radius 1 is 0.862 bits per heavy atom. The summed E-state index contributed by atoms with van der Waals surface area (Å²) in [4.78, 5) is -1.16. The summed E-state index contributed by atoms with van der Waals surface area (Å²) in [6, 6.07) is 5.69. The molecule has 0 unspecified atom stereocenters. The van der Waals surface area contributed by atoms with Crippen LogP contribution in [0, 0.1) is 0 Å². The number of nitrogens with one attached hydrogen (secondary N) is 1. The summed E-state index contributed by atoms with van der Waals surface area (Å²) in [6.07, 6.45) is -10.3. The number of hydrogen-bond donors (Lipinski definition) is 1. The van der Waals surface area contributed by atoms with Crippen molar-refractivity contribution in [3.05, 3.63) is 59.0 Å². The van der Waals surface area contributed by atoms with Gasteiger partial charge in [0.1, 0.15) is 5.69 Å². The maximum atomic E-state index is 12.9. The fourth-order valence-corrected chi connectivity index (χ4v) is 3.89. The van der Waals surface area contributed by atoms with Gasteiger partial charge in [0.15, 0.2) is 0 Å².